The standard InChI is InChI=1S/C15H29O3PS.B/c1-20(16,17)18-12-13-19(14-8-4-2-5-9-14)15-10-6-3-7-11-15;/h14-15H,2-13H2,1H3;. The summed E-state index contributed by atoms with van der Waals surface area (Å²) in [4.78, 5) is 0. The molecule has 2 rings (SSSR count). The Kier molecular flexibility index (Phi) is 8.82. The summed E-state index contributed by atoms with van der Waals surface area (Å²) in [5.41, 5.74) is 1.76. The second-order valence-corrected chi connectivity index (χ2v) is 10.9. The lowest BCUT2D eigenvalue weighted by Crippen LogP contribution is -2.23. The summed E-state index contributed by atoms with van der Waals surface area (Å²) in [5.74, 6) is 0. The van der Waals surface area contributed by atoms with Gasteiger partial charge in [-0.25, -0.2) is 0 Å². The molecule has 0 aromatic carbocycles. The molecule has 6 heteroatoms. The summed E-state index contributed by atoms with van der Waals surface area (Å²) in [6, 6.07) is 0. The lowest BCUT2D eigenvalue weighted by molar-refractivity contribution is 0.343. The molecule has 0 atom stereocenters. The van der Waals surface area contributed by atoms with Crippen LogP contribution in [-0.4, -0.2) is 47.2 Å². The van der Waals surface area contributed by atoms with Gasteiger partial charge in [-0.3, -0.25) is 4.18 Å². The molecule has 0 amide bonds. The number of rotatable bonds is 6. The fraction of sp³-hybridized carbons (Fsp3) is 1.00. The van der Waals surface area contributed by atoms with E-state index in [2.05, 4.69) is 0 Å². The molecule has 121 valence electrons. The van der Waals surface area contributed by atoms with Crippen molar-refractivity contribution in [3.63, 3.8) is 0 Å². The van der Waals surface area contributed by atoms with E-state index in [-0.39, 0.29) is 16.3 Å². The SMILES string of the molecule is CS(=O)(=O)OCCP(C1CCCCC1)C1CCCCC1.[B]. The van der Waals surface area contributed by atoms with Gasteiger partial charge in [0.1, 0.15) is 0 Å². The highest BCUT2D eigenvalue weighted by Gasteiger charge is 2.30. The smallest absolute Gasteiger partial charge is 0.264 e. The molecule has 0 aromatic heterocycles. The zero-order chi connectivity index (χ0) is 14.4. The zero-order valence-corrected chi connectivity index (χ0v) is 15.0. The van der Waals surface area contributed by atoms with Crippen LogP contribution >= 0.6 is 7.92 Å². The highest BCUT2D eigenvalue weighted by molar-refractivity contribution is 7.86. The normalized spacial score (nSPS) is 22.2. The maximum absolute atomic E-state index is 11.2. The van der Waals surface area contributed by atoms with Crippen molar-refractivity contribution in [1.29, 1.82) is 0 Å². The van der Waals surface area contributed by atoms with Gasteiger partial charge in [0, 0.05) is 8.41 Å². The van der Waals surface area contributed by atoms with Gasteiger partial charge in [-0.05, 0) is 43.2 Å². The second-order valence-electron chi connectivity index (χ2n) is 6.35. The van der Waals surface area contributed by atoms with Crippen LogP contribution in [0.25, 0.3) is 0 Å². The van der Waals surface area contributed by atoms with Gasteiger partial charge >= 0.3 is 0 Å². The van der Waals surface area contributed by atoms with Gasteiger partial charge in [-0.15, -0.1) is 0 Å². The molecule has 21 heavy (non-hydrogen) atoms. The largest absolute Gasteiger partial charge is 0.270 e. The van der Waals surface area contributed by atoms with Crippen LogP contribution in [0.5, 0.6) is 0 Å². The summed E-state index contributed by atoms with van der Waals surface area (Å²) in [6.45, 7) is 0.414. The van der Waals surface area contributed by atoms with E-state index in [1.165, 1.54) is 64.2 Å². The van der Waals surface area contributed by atoms with Gasteiger partial charge in [0.25, 0.3) is 10.1 Å². The lowest BCUT2D eigenvalue weighted by atomic mass is 9.99. The van der Waals surface area contributed by atoms with Crippen molar-refractivity contribution >= 4 is 26.5 Å². The van der Waals surface area contributed by atoms with Crippen LogP contribution in [0.3, 0.4) is 0 Å². The van der Waals surface area contributed by atoms with Crippen molar-refractivity contribution in [3.05, 3.63) is 0 Å². The summed E-state index contributed by atoms with van der Waals surface area (Å²) in [6.07, 6.45) is 16.0. The maximum atomic E-state index is 11.2. The fourth-order valence-electron chi connectivity index (χ4n) is 3.78. The molecule has 0 N–H and O–H groups in total. The number of hydrogen-bond acceptors (Lipinski definition) is 3. The molecule has 3 radical (unpaired) electrons. The van der Waals surface area contributed by atoms with E-state index >= 15 is 0 Å². The van der Waals surface area contributed by atoms with Gasteiger partial charge in [0.05, 0.1) is 12.9 Å². The Morgan fingerprint density at radius 3 is 1.71 bits per heavy atom. The van der Waals surface area contributed by atoms with Crippen LogP contribution in [0.4, 0.5) is 0 Å². The van der Waals surface area contributed by atoms with Crippen molar-refractivity contribution in [3.8, 4) is 0 Å². The Morgan fingerprint density at radius 2 is 1.33 bits per heavy atom. The Hall–Kier alpha value is 0.405. The first-order chi connectivity index (χ1) is 9.56. The molecule has 2 aliphatic rings. The van der Waals surface area contributed by atoms with E-state index in [9.17, 15) is 8.42 Å². The third-order valence-electron chi connectivity index (χ3n) is 4.73. The third kappa shape index (κ3) is 7.01. The topological polar surface area (TPSA) is 43.4 Å². The van der Waals surface area contributed by atoms with Crippen LogP contribution in [0, 0.1) is 0 Å². The van der Waals surface area contributed by atoms with Crippen LogP contribution in [0.2, 0.25) is 0 Å². The summed E-state index contributed by atoms with van der Waals surface area (Å²) < 4.78 is 27.3. The molecule has 0 aromatic rings. The maximum Gasteiger partial charge on any atom is 0.264 e. The number of hydrogen-bond donors (Lipinski definition) is 0. The minimum atomic E-state index is -3.27. The zero-order valence-electron chi connectivity index (χ0n) is 13.3. The van der Waals surface area contributed by atoms with E-state index in [1.807, 2.05) is 0 Å². The predicted molar refractivity (Wildman–Crippen MR) is 92.1 cm³/mol. The van der Waals surface area contributed by atoms with E-state index in [0.29, 0.717) is 6.61 Å². The van der Waals surface area contributed by atoms with Gasteiger partial charge in [-0.2, -0.15) is 8.42 Å². The molecule has 2 aliphatic carbocycles. The third-order valence-corrected chi connectivity index (χ3v) is 8.94. The minimum absolute atomic E-state index is 0. The highest BCUT2D eigenvalue weighted by atomic mass is 32.2. The van der Waals surface area contributed by atoms with Crippen molar-refractivity contribution in [2.45, 2.75) is 75.5 Å². The molecule has 0 aliphatic heterocycles. The van der Waals surface area contributed by atoms with Crippen molar-refractivity contribution in [2.75, 3.05) is 19.0 Å². The van der Waals surface area contributed by atoms with E-state index in [0.717, 1.165) is 23.7 Å². The van der Waals surface area contributed by atoms with Crippen molar-refractivity contribution in [1.82, 2.24) is 0 Å². The van der Waals surface area contributed by atoms with Crippen molar-refractivity contribution < 1.29 is 12.6 Å². The molecule has 0 spiro atoms. The first kappa shape index (κ1) is 19.5. The monoisotopic (exact) mass is 331 g/mol. The van der Waals surface area contributed by atoms with Gasteiger partial charge in [0.2, 0.25) is 0 Å². The molecule has 0 unspecified atom stereocenters. The molecule has 3 nitrogen and oxygen atoms in total. The molecular weight excluding hydrogens is 302 g/mol. The van der Waals surface area contributed by atoms with Crippen LogP contribution in [-0.2, 0) is 14.3 Å². The van der Waals surface area contributed by atoms with E-state index < -0.39 is 10.1 Å². The van der Waals surface area contributed by atoms with Gasteiger partial charge in [0.15, 0.2) is 0 Å². The van der Waals surface area contributed by atoms with Gasteiger partial charge < -0.3 is 0 Å². The Labute approximate surface area is 134 Å². The van der Waals surface area contributed by atoms with Crippen LogP contribution in [0.1, 0.15) is 64.2 Å². The predicted octanol–water partition coefficient (Wildman–Crippen LogP) is 3.73. The first-order valence-electron chi connectivity index (χ1n) is 8.16. The average Bonchev–Trinajstić information content (AvgIpc) is 2.44. The second kappa shape index (κ2) is 9.52. The highest BCUT2D eigenvalue weighted by Crippen LogP contribution is 2.55. The fourth-order valence-corrected chi connectivity index (χ4v) is 7.98. The molecule has 2 fully saturated rings. The molecular formula is C15H29BO3PS. The Morgan fingerprint density at radius 1 is 0.905 bits per heavy atom. The summed E-state index contributed by atoms with van der Waals surface area (Å²) in [7, 11) is -3.31. The van der Waals surface area contributed by atoms with Crippen molar-refractivity contribution in [2.24, 2.45) is 0 Å². The molecule has 0 heterocycles. The Bertz CT molecular complexity index is 358. The summed E-state index contributed by atoms with van der Waals surface area (Å²) >= 11 is 0. The molecule has 0 saturated heterocycles. The summed E-state index contributed by atoms with van der Waals surface area (Å²) in [5, 5.41) is 0. The van der Waals surface area contributed by atoms with Gasteiger partial charge in [-0.1, -0.05) is 46.4 Å². The van der Waals surface area contributed by atoms with E-state index in [4.69, 9.17) is 4.18 Å². The lowest BCUT2D eigenvalue weighted by Gasteiger charge is -2.38. The Balaban J connectivity index is 0.00000220. The molecule has 0 bridgehead atoms. The van der Waals surface area contributed by atoms with Crippen LogP contribution < -0.4 is 0 Å². The quantitative estimate of drug-likeness (QED) is 0.423. The van der Waals surface area contributed by atoms with E-state index in [1.54, 1.807) is 0 Å². The first-order valence-corrected chi connectivity index (χ1v) is 11.6. The van der Waals surface area contributed by atoms with Crippen LogP contribution in [0.15, 0.2) is 0 Å². The minimum Gasteiger partial charge on any atom is -0.270 e. The average molecular weight is 331 g/mol. The molecule has 2 saturated carbocycles.